The van der Waals surface area contributed by atoms with Crippen LogP contribution >= 0.6 is 11.8 Å². The molecular formula is C20H20F3N3O2S. The van der Waals surface area contributed by atoms with E-state index in [1.807, 2.05) is 42.7 Å². The fraction of sp³-hybridized carbons (Fsp3) is 0.300. The predicted molar refractivity (Wildman–Crippen MR) is 105 cm³/mol. The van der Waals surface area contributed by atoms with Gasteiger partial charge in [-0.15, -0.1) is 23.4 Å². The normalized spacial score (nSPS) is 12.8. The maximum atomic E-state index is 12.2. The van der Waals surface area contributed by atoms with Gasteiger partial charge in [-0.3, -0.25) is 0 Å². The fourth-order valence-corrected chi connectivity index (χ4v) is 3.79. The van der Waals surface area contributed by atoms with Crippen molar-refractivity contribution in [2.75, 3.05) is 5.75 Å². The molecule has 0 spiro atoms. The molecule has 29 heavy (non-hydrogen) atoms. The minimum atomic E-state index is -4.74. The molecule has 1 heterocycles. The van der Waals surface area contributed by atoms with E-state index in [9.17, 15) is 18.3 Å². The molecule has 0 aliphatic rings. The molecule has 1 unspecified atom stereocenters. The average molecular weight is 423 g/mol. The van der Waals surface area contributed by atoms with Crippen molar-refractivity contribution >= 4 is 11.8 Å². The highest BCUT2D eigenvalue weighted by molar-refractivity contribution is 7.99. The Hall–Kier alpha value is -2.52. The zero-order valence-electron chi connectivity index (χ0n) is 15.8. The molecule has 3 rings (SSSR count). The van der Waals surface area contributed by atoms with Crippen molar-refractivity contribution < 1.29 is 23.0 Å². The number of nitrogens with zero attached hydrogens (tertiary/aromatic N) is 3. The van der Waals surface area contributed by atoms with Crippen LogP contribution in [-0.2, 0) is 6.54 Å². The van der Waals surface area contributed by atoms with Gasteiger partial charge in [-0.05, 0) is 37.6 Å². The summed E-state index contributed by atoms with van der Waals surface area (Å²) in [6, 6.07) is 13.2. The third kappa shape index (κ3) is 5.51. The van der Waals surface area contributed by atoms with Gasteiger partial charge in [0.25, 0.3) is 0 Å². The number of hydrogen-bond acceptors (Lipinski definition) is 5. The number of aliphatic hydroxyl groups is 1. The van der Waals surface area contributed by atoms with Crippen LogP contribution in [0.1, 0.15) is 24.2 Å². The zero-order chi connectivity index (χ0) is 21.0. The number of benzene rings is 2. The summed E-state index contributed by atoms with van der Waals surface area (Å²) < 4.78 is 42.5. The van der Waals surface area contributed by atoms with E-state index < -0.39 is 12.5 Å². The van der Waals surface area contributed by atoms with Crippen molar-refractivity contribution in [1.82, 2.24) is 14.8 Å². The quantitative estimate of drug-likeness (QED) is 0.542. The number of aliphatic hydroxyl groups excluding tert-OH is 1. The van der Waals surface area contributed by atoms with Gasteiger partial charge in [0.15, 0.2) is 11.0 Å². The molecule has 0 bridgehead atoms. The smallest absolute Gasteiger partial charge is 0.406 e. The minimum Gasteiger partial charge on any atom is -0.406 e. The monoisotopic (exact) mass is 423 g/mol. The van der Waals surface area contributed by atoms with Crippen molar-refractivity contribution in [1.29, 1.82) is 0 Å². The van der Waals surface area contributed by atoms with Crippen LogP contribution in [0.5, 0.6) is 5.75 Å². The molecular weight excluding hydrogens is 403 g/mol. The maximum absolute atomic E-state index is 12.2. The molecule has 3 aromatic rings. The van der Waals surface area contributed by atoms with E-state index in [-0.39, 0.29) is 11.5 Å². The molecule has 0 radical (unpaired) electrons. The maximum Gasteiger partial charge on any atom is 0.573 e. The van der Waals surface area contributed by atoms with Crippen LogP contribution in [0.25, 0.3) is 11.4 Å². The molecule has 0 saturated carbocycles. The first-order valence-corrected chi connectivity index (χ1v) is 9.92. The Balaban J connectivity index is 1.68. The Labute approximate surface area is 170 Å². The van der Waals surface area contributed by atoms with Crippen LogP contribution in [0.15, 0.2) is 53.7 Å². The van der Waals surface area contributed by atoms with Gasteiger partial charge in [0, 0.05) is 17.9 Å². The van der Waals surface area contributed by atoms with Crippen LogP contribution < -0.4 is 4.74 Å². The summed E-state index contributed by atoms with van der Waals surface area (Å²) in [6.07, 6.45) is -5.61. The fourth-order valence-electron chi connectivity index (χ4n) is 2.82. The largest absolute Gasteiger partial charge is 0.573 e. The van der Waals surface area contributed by atoms with E-state index in [1.54, 1.807) is 0 Å². The summed E-state index contributed by atoms with van der Waals surface area (Å²) in [4.78, 5) is 0. The summed E-state index contributed by atoms with van der Waals surface area (Å²) in [7, 11) is 0. The molecule has 0 aliphatic carbocycles. The van der Waals surface area contributed by atoms with E-state index in [2.05, 4.69) is 14.9 Å². The molecule has 9 heteroatoms. The van der Waals surface area contributed by atoms with Gasteiger partial charge in [0.05, 0.1) is 6.10 Å². The van der Waals surface area contributed by atoms with E-state index in [0.29, 0.717) is 17.3 Å². The van der Waals surface area contributed by atoms with Gasteiger partial charge in [-0.2, -0.15) is 0 Å². The number of alkyl halides is 3. The van der Waals surface area contributed by atoms with Crippen LogP contribution in [0.4, 0.5) is 13.2 Å². The lowest BCUT2D eigenvalue weighted by molar-refractivity contribution is -0.274. The molecule has 5 nitrogen and oxygen atoms in total. The number of rotatable bonds is 7. The summed E-state index contributed by atoms with van der Waals surface area (Å²) in [6.45, 7) is 4.66. The van der Waals surface area contributed by atoms with E-state index in [1.165, 1.54) is 36.0 Å². The first kappa shape index (κ1) is 21.2. The van der Waals surface area contributed by atoms with Crippen LogP contribution in [-0.4, -0.2) is 32.0 Å². The van der Waals surface area contributed by atoms with Gasteiger partial charge in [0.1, 0.15) is 5.75 Å². The second-order valence-corrected chi connectivity index (χ2v) is 7.35. The molecule has 0 saturated heterocycles. The summed E-state index contributed by atoms with van der Waals surface area (Å²) >= 11 is 1.34. The van der Waals surface area contributed by atoms with Crippen molar-refractivity contribution in [2.45, 2.75) is 38.0 Å². The second-order valence-electron chi connectivity index (χ2n) is 6.36. The third-order valence-corrected chi connectivity index (χ3v) is 5.22. The van der Waals surface area contributed by atoms with E-state index >= 15 is 0 Å². The lowest BCUT2D eigenvalue weighted by Crippen LogP contribution is -2.17. The molecule has 0 amide bonds. The first-order valence-electron chi connectivity index (χ1n) is 8.93. The Morgan fingerprint density at radius 1 is 1.14 bits per heavy atom. The van der Waals surface area contributed by atoms with Crippen molar-refractivity contribution in [2.24, 2.45) is 0 Å². The van der Waals surface area contributed by atoms with Gasteiger partial charge in [-0.25, -0.2) is 0 Å². The van der Waals surface area contributed by atoms with Crippen LogP contribution in [0.3, 0.4) is 0 Å². The number of aromatic nitrogens is 3. The van der Waals surface area contributed by atoms with E-state index in [0.717, 1.165) is 17.0 Å². The Morgan fingerprint density at radius 3 is 2.48 bits per heavy atom. The zero-order valence-corrected chi connectivity index (χ0v) is 16.7. The minimum absolute atomic E-state index is 0.283. The number of ether oxygens (including phenoxy) is 1. The van der Waals surface area contributed by atoms with Crippen LogP contribution in [0, 0.1) is 6.92 Å². The highest BCUT2D eigenvalue weighted by Crippen LogP contribution is 2.29. The van der Waals surface area contributed by atoms with Gasteiger partial charge >= 0.3 is 6.36 Å². The number of thioether (sulfide) groups is 1. The van der Waals surface area contributed by atoms with Gasteiger partial charge in [-0.1, -0.05) is 47.7 Å². The Morgan fingerprint density at radius 2 is 1.86 bits per heavy atom. The van der Waals surface area contributed by atoms with E-state index in [4.69, 9.17) is 0 Å². The molecule has 1 N–H and O–H groups in total. The number of hydrogen-bond donors (Lipinski definition) is 1. The molecule has 1 aromatic heterocycles. The second kappa shape index (κ2) is 8.87. The standard InChI is InChI=1S/C20H20F3N3O2S/c1-3-26-18(15-6-4-5-13(2)11-15)24-25-19(26)29-12-17(27)14-7-9-16(10-8-14)28-20(21,22)23/h4-11,17,27H,3,12H2,1-2H3. The predicted octanol–water partition coefficient (Wildman–Crippen LogP) is 5.00. The third-order valence-electron chi connectivity index (χ3n) is 4.18. The summed E-state index contributed by atoms with van der Waals surface area (Å²) in [5.41, 5.74) is 2.58. The Kier molecular flexibility index (Phi) is 6.49. The van der Waals surface area contributed by atoms with Gasteiger partial charge in [0.2, 0.25) is 0 Å². The average Bonchev–Trinajstić information content (AvgIpc) is 3.08. The lowest BCUT2D eigenvalue weighted by Gasteiger charge is -2.13. The number of aryl methyl sites for hydroxylation is 1. The first-order chi connectivity index (χ1) is 13.8. The topological polar surface area (TPSA) is 60.2 Å². The SMILES string of the molecule is CCn1c(SCC(O)c2ccc(OC(F)(F)F)cc2)nnc1-c1cccc(C)c1. The molecule has 0 aliphatic heterocycles. The lowest BCUT2D eigenvalue weighted by atomic mass is 10.1. The summed E-state index contributed by atoms with van der Waals surface area (Å²) in [5.74, 6) is 0.710. The van der Waals surface area contributed by atoms with Gasteiger partial charge < -0.3 is 14.4 Å². The molecule has 1 atom stereocenters. The summed E-state index contributed by atoms with van der Waals surface area (Å²) in [5, 5.41) is 19.6. The van der Waals surface area contributed by atoms with Crippen molar-refractivity contribution in [3.8, 4) is 17.1 Å². The van der Waals surface area contributed by atoms with Crippen molar-refractivity contribution in [3.63, 3.8) is 0 Å². The van der Waals surface area contributed by atoms with Crippen molar-refractivity contribution in [3.05, 3.63) is 59.7 Å². The highest BCUT2D eigenvalue weighted by Gasteiger charge is 2.31. The highest BCUT2D eigenvalue weighted by atomic mass is 32.2. The Bertz CT molecular complexity index is 958. The van der Waals surface area contributed by atoms with Crippen LogP contribution in [0.2, 0.25) is 0 Å². The molecule has 154 valence electrons. The number of halogens is 3. The molecule has 2 aromatic carbocycles. The molecule has 0 fully saturated rings.